The Balaban J connectivity index is 1.52. The maximum absolute atomic E-state index is 12.8. The lowest BCUT2D eigenvalue weighted by molar-refractivity contribution is -0.125. The van der Waals surface area contributed by atoms with Gasteiger partial charge in [0, 0.05) is 30.9 Å². The number of esters is 1. The molecule has 1 aliphatic carbocycles. The van der Waals surface area contributed by atoms with Crippen molar-refractivity contribution >= 4 is 40.2 Å². The van der Waals surface area contributed by atoms with E-state index in [0.717, 1.165) is 36.1 Å². The van der Waals surface area contributed by atoms with Gasteiger partial charge < -0.3 is 25.0 Å². The molecule has 0 unspecified atom stereocenters. The molecule has 2 aliphatic rings. The summed E-state index contributed by atoms with van der Waals surface area (Å²) in [6.07, 6.45) is 4.57. The van der Waals surface area contributed by atoms with Crippen molar-refractivity contribution in [1.29, 1.82) is 0 Å². The molecular formula is C21H29N3O6S. The molecular weight excluding hydrogens is 422 g/mol. The number of likely N-dealkylation sites (tertiary alicyclic amines) is 1. The van der Waals surface area contributed by atoms with Gasteiger partial charge in [-0.3, -0.25) is 9.59 Å². The number of aryl methyl sites for hydroxylation is 1. The zero-order chi connectivity index (χ0) is 22.4. The maximum atomic E-state index is 12.8. The van der Waals surface area contributed by atoms with Crippen LogP contribution in [0, 0.1) is 0 Å². The molecule has 0 spiro atoms. The highest BCUT2D eigenvalue weighted by Gasteiger charge is 2.28. The fourth-order valence-corrected chi connectivity index (χ4v) is 5.25. The Hall–Kier alpha value is -2.62. The van der Waals surface area contributed by atoms with Crippen LogP contribution in [0.2, 0.25) is 0 Å². The molecule has 0 radical (unpaired) electrons. The van der Waals surface area contributed by atoms with Gasteiger partial charge in [-0.05, 0) is 51.0 Å². The van der Waals surface area contributed by atoms with Gasteiger partial charge in [-0.1, -0.05) is 0 Å². The zero-order valence-electron chi connectivity index (χ0n) is 18.0. The van der Waals surface area contributed by atoms with Gasteiger partial charge in [0.15, 0.2) is 6.61 Å². The minimum absolute atomic E-state index is 0.0827. The van der Waals surface area contributed by atoms with E-state index in [1.807, 2.05) is 0 Å². The Kier molecular flexibility index (Phi) is 7.89. The molecule has 3 rings (SSSR count). The number of hydrogen-bond acceptors (Lipinski definition) is 7. The normalized spacial score (nSPS) is 16.3. The third-order valence-corrected chi connectivity index (χ3v) is 6.59. The summed E-state index contributed by atoms with van der Waals surface area (Å²) < 4.78 is 10.3. The minimum Gasteiger partial charge on any atom is -0.452 e. The molecule has 1 saturated heterocycles. The Morgan fingerprint density at radius 1 is 1.10 bits per heavy atom. The number of hydrogen-bond donors (Lipinski definition) is 2. The highest BCUT2D eigenvalue weighted by Crippen LogP contribution is 2.38. The lowest BCUT2D eigenvalue weighted by atomic mass is 9.95. The van der Waals surface area contributed by atoms with Crippen molar-refractivity contribution in [3.63, 3.8) is 0 Å². The van der Waals surface area contributed by atoms with E-state index in [9.17, 15) is 19.2 Å². The summed E-state index contributed by atoms with van der Waals surface area (Å²) in [4.78, 5) is 51.0. The number of piperidine rings is 1. The number of carbonyl (C=O) groups is 4. The molecule has 1 fully saturated rings. The monoisotopic (exact) mass is 451 g/mol. The molecule has 9 nitrogen and oxygen atoms in total. The number of amides is 3. The van der Waals surface area contributed by atoms with Crippen LogP contribution in [0.1, 0.15) is 60.3 Å². The van der Waals surface area contributed by atoms with Gasteiger partial charge in [0.2, 0.25) is 5.91 Å². The predicted molar refractivity (Wildman–Crippen MR) is 115 cm³/mol. The number of fused-ring (bicyclic) bond motifs is 1. The summed E-state index contributed by atoms with van der Waals surface area (Å²) in [5.74, 6) is -1.22. The molecule has 31 heavy (non-hydrogen) atoms. The number of nitrogens with one attached hydrogen (secondary N) is 2. The van der Waals surface area contributed by atoms with E-state index in [1.54, 1.807) is 11.8 Å². The molecule has 2 N–H and O–H groups in total. The number of thiophene rings is 1. The van der Waals surface area contributed by atoms with E-state index in [2.05, 4.69) is 10.6 Å². The Bertz CT molecular complexity index is 844. The topological polar surface area (TPSA) is 114 Å². The number of ether oxygens (including phenoxy) is 2. The first kappa shape index (κ1) is 23.1. The Morgan fingerprint density at radius 2 is 1.81 bits per heavy atom. The van der Waals surface area contributed by atoms with Crippen molar-refractivity contribution in [3.8, 4) is 0 Å². The Labute approximate surface area is 185 Å². The highest BCUT2D eigenvalue weighted by molar-refractivity contribution is 7.17. The quantitative estimate of drug-likeness (QED) is 0.643. The second-order valence-corrected chi connectivity index (χ2v) is 8.81. The summed E-state index contributed by atoms with van der Waals surface area (Å²) in [7, 11) is 0. The van der Waals surface area contributed by atoms with Gasteiger partial charge in [0.05, 0.1) is 12.2 Å². The third-order valence-electron chi connectivity index (χ3n) is 5.39. The van der Waals surface area contributed by atoms with E-state index >= 15 is 0 Å². The zero-order valence-corrected chi connectivity index (χ0v) is 18.8. The van der Waals surface area contributed by atoms with Crippen molar-refractivity contribution in [3.05, 3.63) is 16.0 Å². The van der Waals surface area contributed by atoms with Crippen LogP contribution in [-0.4, -0.2) is 61.1 Å². The predicted octanol–water partition coefficient (Wildman–Crippen LogP) is 2.48. The average Bonchev–Trinajstić information content (AvgIpc) is 3.10. The van der Waals surface area contributed by atoms with Crippen molar-refractivity contribution in [2.75, 3.05) is 31.6 Å². The first-order valence-electron chi connectivity index (χ1n) is 10.7. The van der Waals surface area contributed by atoms with Gasteiger partial charge in [0.25, 0.3) is 5.91 Å². The van der Waals surface area contributed by atoms with Crippen LogP contribution in [0.5, 0.6) is 0 Å². The van der Waals surface area contributed by atoms with Gasteiger partial charge in [-0.25, -0.2) is 9.59 Å². The number of carbonyl (C=O) groups excluding carboxylic acids is 4. The lowest BCUT2D eigenvalue weighted by Crippen LogP contribution is -2.47. The third kappa shape index (κ3) is 5.96. The first-order chi connectivity index (χ1) is 14.9. The molecule has 0 aromatic carbocycles. The molecule has 1 aliphatic heterocycles. The fourth-order valence-electron chi connectivity index (χ4n) is 3.92. The molecule has 0 bridgehead atoms. The highest BCUT2D eigenvalue weighted by atomic mass is 32.1. The molecule has 0 atom stereocenters. The SMILES string of the molecule is CCOC(=O)N1CCC(NC(=O)COC(=O)c2c(NC(C)=O)sc3c2CCCC3)CC1. The fraction of sp³-hybridized carbons (Fsp3) is 0.619. The van der Waals surface area contributed by atoms with Crippen LogP contribution in [-0.2, 0) is 31.9 Å². The lowest BCUT2D eigenvalue weighted by Gasteiger charge is -2.31. The molecule has 170 valence electrons. The van der Waals surface area contributed by atoms with Crippen LogP contribution in [0.3, 0.4) is 0 Å². The van der Waals surface area contributed by atoms with Crippen molar-refractivity contribution in [2.45, 2.75) is 58.4 Å². The van der Waals surface area contributed by atoms with Crippen LogP contribution in [0.4, 0.5) is 9.80 Å². The summed E-state index contributed by atoms with van der Waals surface area (Å²) in [6, 6.07) is -0.0827. The number of rotatable bonds is 6. The van der Waals surface area contributed by atoms with Crippen molar-refractivity contribution < 1.29 is 28.7 Å². The summed E-state index contributed by atoms with van der Waals surface area (Å²) in [5, 5.41) is 6.08. The molecule has 10 heteroatoms. The first-order valence-corrected chi connectivity index (χ1v) is 11.5. The molecule has 1 aromatic heterocycles. The van der Waals surface area contributed by atoms with E-state index in [-0.39, 0.29) is 30.6 Å². The molecule has 0 saturated carbocycles. The van der Waals surface area contributed by atoms with E-state index in [1.165, 1.54) is 18.3 Å². The minimum atomic E-state index is -0.588. The summed E-state index contributed by atoms with van der Waals surface area (Å²) in [5.41, 5.74) is 1.31. The largest absolute Gasteiger partial charge is 0.452 e. The van der Waals surface area contributed by atoms with Gasteiger partial charge >= 0.3 is 12.1 Å². The molecule has 2 heterocycles. The van der Waals surface area contributed by atoms with E-state index < -0.39 is 5.97 Å². The standard InChI is InChI=1S/C21H29N3O6S/c1-3-29-21(28)24-10-8-14(9-11-24)23-17(26)12-30-20(27)18-15-6-4-5-7-16(15)31-19(18)22-13(2)25/h14H,3-12H2,1-2H3,(H,22,25)(H,23,26). The van der Waals surface area contributed by atoms with E-state index in [0.29, 0.717) is 43.1 Å². The second kappa shape index (κ2) is 10.6. The van der Waals surface area contributed by atoms with Crippen LogP contribution < -0.4 is 10.6 Å². The molecule has 3 amide bonds. The van der Waals surface area contributed by atoms with Gasteiger partial charge in [-0.2, -0.15) is 0 Å². The van der Waals surface area contributed by atoms with E-state index in [4.69, 9.17) is 9.47 Å². The molecule has 1 aromatic rings. The second-order valence-electron chi connectivity index (χ2n) is 7.70. The van der Waals surface area contributed by atoms with Crippen LogP contribution >= 0.6 is 11.3 Å². The van der Waals surface area contributed by atoms with Gasteiger partial charge in [-0.15, -0.1) is 11.3 Å². The number of anilines is 1. The summed E-state index contributed by atoms with van der Waals surface area (Å²) >= 11 is 1.41. The van der Waals surface area contributed by atoms with Crippen LogP contribution in [0.15, 0.2) is 0 Å². The maximum Gasteiger partial charge on any atom is 0.409 e. The van der Waals surface area contributed by atoms with Crippen LogP contribution in [0.25, 0.3) is 0 Å². The average molecular weight is 452 g/mol. The number of nitrogens with zero attached hydrogens (tertiary/aromatic N) is 1. The Morgan fingerprint density at radius 3 is 2.48 bits per heavy atom. The van der Waals surface area contributed by atoms with Crippen molar-refractivity contribution in [2.24, 2.45) is 0 Å². The summed E-state index contributed by atoms with van der Waals surface area (Å²) in [6.45, 7) is 4.11. The smallest absolute Gasteiger partial charge is 0.409 e. The van der Waals surface area contributed by atoms with Crippen molar-refractivity contribution in [1.82, 2.24) is 10.2 Å². The van der Waals surface area contributed by atoms with Gasteiger partial charge in [0.1, 0.15) is 5.00 Å².